The van der Waals surface area contributed by atoms with E-state index >= 15 is 0 Å². The summed E-state index contributed by atoms with van der Waals surface area (Å²) in [6.07, 6.45) is 4.18. The molecule has 5 rings (SSSR count). The van der Waals surface area contributed by atoms with Crippen molar-refractivity contribution in [2.24, 2.45) is 0 Å². The highest BCUT2D eigenvalue weighted by Gasteiger charge is 2.42. The summed E-state index contributed by atoms with van der Waals surface area (Å²) in [5.41, 5.74) is 5.73. The summed E-state index contributed by atoms with van der Waals surface area (Å²) in [6.45, 7) is 3.87. The van der Waals surface area contributed by atoms with E-state index in [1.165, 1.54) is 0 Å². The third-order valence-corrected chi connectivity index (χ3v) is 8.71. The minimum Gasteiger partial charge on any atom is -0.490 e. The van der Waals surface area contributed by atoms with Crippen LogP contribution in [0, 0.1) is 6.92 Å². The number of hydrogen-bond acceptors (Lipinski definition) is 6. The number of ether oxygens (including phenoxy) is 2. The monoisotopic (exact) mass is 626 g/mol. The number of amides is 1. The zero-order valence-corrected chi connectivity index (χ0v) is 25.2. The first-order valence-corrected chi connectivity index (χ1v) is 14.8. The maximum Gasteiger partial charge on any atom is 0.262 e. The summed E-state index contributed by atoms with van der Waals surface area (Å²) in [7, 11) is 1.98. The van der Waals surface area contributed by atoms with Crippen LogP contribution in [0.5, 0.6) is 11.5 Å². The first kappa shape index (κ1) is 28.4. The number of anilines is 1. The lowest BCUT2D eigenvalue weighted by Crippen LogP contribution is -2.37. The Kier molecular flexibility index (Phi) is 8.38. The molecule has 0 fully saturated rings. The van der Waals surface area contributed by atoms with E-state index in [1.807, 2.05) is 39.1 Å². The van der Waals surface area contributed by atoms with E-state index in [0.717, 1.165) is 48.2 Å². The quantitative estimate of drug-likeness (QED) is 0.361. The van der Waals surface area contributed by atoms with Crippen molar-refractivity contribution in [2.45, 2.75) is 58.3 Å². The number of hydrogen-bond donors (Lipinski definition) is 1. The van der Waals surface area contributed by atoms with Gasteiger partial charge in [-0.15, -0.1) is 0 Å². The van der Waals surface area contributed by atoms with Crippen LogP contribution in [0.15, 0.2) is 57.3 Å². The third-order valence-electron chi connectivity index (χ3n) is 7.71. The van der Waals surface area contributed by atoms with Gasteiger partial charge < -0.3 is 19.7 Å². The van der Waals surface area contributed by atoms with Crippen LogP contribution in [-0.4, -0.2) is 42.6 Å². The Labute approximate surface area is 247 Å². The molecule has 1 aliphatic heterocycles. The van der Waals surface area contributed by atoms with Gasteiger partial charge in [0.2, 0.25) is 0 Å². The molecule has 0 saturated heterocycles. The molecule has 2 aliphatic carbocycles. The molecule has 2 aromatic rings. The van der Waals surface area contributed by atoms with Crippen molar-refractivity contribution >= 4 is 50.7 Å². The zero-order chi connectivity index (χ0) is 28.6. The normalized spacial score (nSPS) is 17.6. The largest absolute Gasteiger partial charge is 0.490 e. The molecule has 40 heavy (non-hydrogen) atoms. The molecule has 1 amide bonds. The van der Waals surface area contributed by atoms with Gasteiger partial charge in [-0.25, -0.2) is 0 Å². The third kappa shape index (κ3) is 5.44. The van der Waals surface area contributed by atoms with E-state index in [1.54, 1.807) is 12.1 Å². The van der Waals surface area contributed by atoms with E-state index in [-0.39, 0.29) is 24.1 Å². The second-order valence-corrected chi connectivity index (χ2v) is 11.6. The maximum absolute atomic E-state index is 13.3. The van der Waals surface area contributed by atoms with Crippen molar-refractivity contribution in [1.82, 2.24) is 4.90 Å². The fourth-order valence-electron chi connectivity index (χ4n) is 5.85. The SMILES string of the molecule is CCOc1cc(C2C3=C(CCCC3=O)N(C)C3=C2C(=O)CCC3)cc(Br)c1OCC(=O)Nc1ccc(C)c(Cl)c1. The molecule has 210 valence electrons. The van der Waals surface area contributed by atoms with Gasteiger partial charge in [0, 0.05) is 59.1 Å². The van der Waals surface area contributed by atoms with Crippen LogP contribution in [0.25, 0.3) is 0 Å². The molecule has 0 radical (unpaired) electrons. The van der Waals surface area contributed by atoms with Gasteiger partial charge in [0.1, 0.15) is 0 Å². The highest BCUT2D eigenvalue weighted by Crippen LogP contribution is 2.50. The number of allylic oxidation sites excluding steroid dienone is 4. The minimum atomic E-state index is -0.457. The van der Waals surface area contributed by atoms with Crippen LogP contribution in [0.3, 0.4) is 0 Å². The fourth-order valence-corrected chi connectivity index (χ4v) is 6.60. The number of rotatable bonds is 7. The summed E-state index contributed by atoms with van der Waals surface area (Å²) in [5, 5.41) is 3.36. The summed E-state index contributed by atoms with van der Waals surface area (Å²) >= 11 is 9.80. The van der Waals surface area contributed by atoms with Crippen LogP contribution in [0.2, 0.25) is 5.02 Å². The number of nitrogens with one attached hydrogen (secondary N) is 1. The van der Waals surface area contributed by atoms with Crippen LogP contribution in [-0.2, 0) is 14.4 Å². The number of benzene rings is 2. The molecule has 1 heterocycles. The van der Waals surface area contributed by atoms with Crippen molar-refractivity contribution in [3.05, 3.63) is 73.5 Å². The highest BCUT2D eigenvalue weighted by atomic mass is 79.9. The number of nitrogens with zero attached hydrogens (tertiary/aromatic N) is 1. The average Bonchev–Trinajstić information content (AvgIpc) is 2.91. The Morgan fingerprint density at radius 3 is 2.27 bits per heavy atom. The lowest BCUT2D eigenvalue weighted by atomic mass is 9.71. The van der Waals surface area contributed by atoms with E-state index in [9.17, 15) is 14.4 Å². The summed E-state index contributed by atoms with van der Waals surface area (Å²) in [5.74, 6) is 0.187. The topological polar surface area (TPSA) is 84.9 Å². The molecule has 0 atom stereocenters. The standard InChI is InChI=1S/C31H32BrClN2O5/c1-4-39-26-14-18(13-20(32)31(26)40-16-27(38)34-19-12-11-17(2)21(33)15-19)28-29-22(7-5-9-24(29)36)35(3)23-8-6-10-25(37)30(23)28/h11-15,28H,4-10,16H2,1-3H3,(H,34,38). The van der Waals surface area contributed by atoms with Crippen LogP contribution in [0.1, 0.15) is 62.5 Å². The number of aryl methyl sites for hydroxylation is 1. The van der Waals surface area contributed by atoms with Gasteiger partial charge in [-0.1, -0.05) is 17.7 Å². The predicted molar refractivity (Wildman–Crippen MR) is 158 cm³/mol. The molecular weight excluding hydrogens is 596 g/mol. The lowest BCUT2D eigenvalue weighted by molar-refractivity contribution is -0.118. The second-order valence-electron chi connectivity index (χ2n) is 10.3. The zero-order valence-electron chi connectivity index (χ0n) is 22.9. The lowest BCUT2D eigenvalue weighted by Gasteiger charge is -2.42. The van der Waals surface area contributed by atoms with Gasteiger partial charge in [0.05, 0.1) is 11.1 Å². The van der Waals surface area contributed by atoms with Crippen molar-refractivity contribution < 1.29 is 23.9 Å². The number of ketones is 2. The minimum absolute atomic E-state index is 0.0883. The van der Waals surface area contributed by atoms with Crippen molar-refractivity contribution in [3.63, 3.8) is 0 Å². The van der Waals surface area contributed by atoms with Crippen molar-refractivity contribution in [3.8, 4) is 11.5 Å². The fraction of sp³-hybridized carbons (Fsp3) is 0.387. The Bertz CT molecular complexity index is 1420. The van der Waals surface area contributed by atoms with Crippen molar-refractivity contribution in [2.75, 3.05) is 25.6 Å². The van der Waals surface area contributed by atoms with Gasteiger partial charge >= 0.3 is 0 Å². The molecule has 3 aliphatic rings. The van der Waals surface area contributed by atoms with Gasteiger partial charge in [-0.3, -0.25) is 14.4 Å². The molecule has 0 spiro atoms. The molecule has 1 N–H and O–H groups in total. The Morgan fingerprint density at radius 1 is 1.02 bits per heavy atom. The smallest absolute Gasteiger partial charge is 0.262 e. The molecular formula is C31H32BrClN2O5. The van der Waals surface area contributed by atoms with Crippen LogP contribution in [0.4, 0.5) is 5.69 Å². The second kappa shape index (κ2) is 11.8. The maximum atomic E-state index is 13.3. The van der Waals surface area contributed by atoms with E-state index in [2.05, 4.69) is 26.1 Å². The molecule has 7 nitrogen and oxygen atoms in total. The number of carbonyl (C=O) groups excluding carboxylic acids is 3. The van der Waals surface area contributed by atoms with Crippen LogP contribution >= 0.6 is 27.5 Å². The van der Waals surface area contributed by atoms with Crippen LogP contribution < -0.4 is 14.8 Å². The van der Waals surface area contributed by atoms with E-state index in [0.29, 0.717) is 57.3 Å². The Morgan fingerprint density at radius 2 is 1.68 bits per heavy atom. The highest BCUT2D eigenvalue weighted by molar-refractivity contribution is 9.10. The summed E-state index contributed by atoms with van der Waals surface area (Å²) < 4.78 is 12.5. The van der Waals surface area contributed by atoms with Gasteiger partial charge in [0.25, 0.3) is 5.91 Å². The van der Waals surface area contributed by atoms with Crippen molar-refractivity contribution in [1.29, 1.82) is 0 Å². The molecule has 9 heteroatoms. The number of Topliss-reactive ketones (excluding diaryl/α,β-unsaturated/α-hetero) is 2. The number of carbonyl (C=O) groups is 3. The number of halogens is 2. The van der Waals surface area contributed by atoms with Gasteiger partial charge in [-0.05, 0) is 90.9 Å². The summed E-state index contributed by atoms with van der Waals surface area (Å²) in [4.78, 5) is 41.4. The van der Waals surface area contributed by atoms with Gasteiger partial charge in [-0.2, -0.15) is 0 Å². The molecule has 0 aromatic heterocycles. The first-order valence-electron chi connectivity index (χ1n) is 13.6. The van der Waals surface area contributed by atoms with Gasteiger partial charge in [0.15, 0.2) is 29.7 Å². The molecule has 2 aromatic carbocycles. The molecule has 0 unspecified atom stereocenters. The molecule has 0 saturated carbocycles. The average molecular weight is 628 g/mol. The first-order chi connectivity index (χ1) is 19.2. The Balaban J connectivity index is 1.48. The predicted octanol–water partition coefficient (Wildman–Crippen LogP) is 6.87. The molecule has 0 bridgehead atoms. The van der Waals surface area contributed by atoms with E-state index in [4.69, 9.17) is 21.1 Å². The summed E-state index contributed by atoms with van der Waals surface area (Å²) in [6, 6.07) is 9.03. The van der Waals surface area contributed by atoms with E-state index < -0.39 is 5.92 Å². The Hall–Kier alpha value is -3.10.